The number of nitrogen functional groups attached to an aromatic ring is 1. The highest BCUT2D eigenvalue weighted by Crippen LogP contribution is 2.25. The zero-order valence-electron chi connectivity index (χ0n) is 11.1. The van der Waals surface area contributed by atoms with Gasteiger partial charge in [-0.1, -0.05) is 0 Å². The van der Waals surface area contributed by atoms with E-state index < -0.39 is 0 Å². The smallest absolute Gasteiger partial charge is 0.141 e. The standard InChI is InChI=1S/C13H20N4O/c1-9-7-17(8-13(2,3)18-9)10-4-5-11(12(14)15)16-6-10/h4-6,9H,7-8H2,1-3H3,(H3,14,15). The SMILES string of the molecule is CC1CN(c2ccc(C(=N)N)nc2)CC(C)(C)O1. The molecule has 1 aromatic heterocycles. The number of nitrogens with one attached hydrogen (secondary N) is 1. The lowest BCUT2D eigenvalue weighted by Crippen LogP contribution is -2.52. The van der Waals surface area contributed by atoms with Gasteiger partial charge in [-0.3, -0.25) is 10.4 Å². The molecule has 2 rings (SSSR count). The Bertz CT molecular complexity index is 441. The van der Waals surface area contributed by atoms with E-state index in [1.807, 2.05) is 6.07 Å². The number of hydrogen-bond donors (Lipinski definition) is 2. The van der Waals surface area contributed by atoms with Crippen LogP contribution in [0.5, 0.6) is 0 Å². The topological polar surface area (TPSA) is 75.2 Å². The molecule has 1 unspecified atom stereocenters. The van der Waals surface area contributed by atoms with Crippen molar-refractivity contribution >= 4 is 11.5 Å². The molecule has 1 aliphatic heterocycles. The molecule has 0 bridgehead atoms. The first kappa shape index (κ1) is 12.8. The number of morpholine rings is 1. The van der Waals surface area contributed by atoms with E-state index in [1.165, 1.54) is 0 Å². The summed E-state index contributed by atoms with van der Waals surface area (Å²) in [6, 6.07) is 3.74. The highest BCUT2D eigenvalue weighted by molar-refractivity contribution is 5.93. The van der Waals surface area contributed by atoms with E-state index in [4.69, 9.17) is 15.9 Å². The van der Waals surface area contributed by atoms with Crippen LogP contribution in [0.4, 0.5) is 5.69 Å². The number of nitrogens with two attached hydrogens (primary N) is 1. The van der Waals surface area contributed by atoms with E-state index in [0.29, 0.717) is 5.69 Å². The van der Waals surface area contributed by atoms with Crippen molar-refractivity contribution < 1.29 is 4.74 Å². The maximum Gasteiger partial charge on any atom is 0.141 e. The molecule has 3 N–H and O–H groups in total. The van der Waals surface area contributed by atoms with Gasteiger partial charge in [0.25, 0.3) is 0 Å². The van der Waals surface area contributed by atoms with Crippen LogP contribution in [0.25, 0.3) is 0 Å². The molecule has 1 saturated heterocycles. The van der Waals surface area contributed by atoms with Crippen LogP contribution in [0.1, 0.15) is 26.5 Å². The van der Waals surface area contributed by atoms with Crippen molar-refractivity contribution in [3.63, 3.8) is 0 Å². The van der Waals surface area contributed by atoms with Crippen LogP contribution in [-0.4, -0.2) is 35.6 Å². The third-order valence-corrected chi connectivity index (χ3v) is 2.96. The summed E-state index contributed by atoms with van der Waals surface area (Å²) >= 11 is 0. The van der Waals surface area contributed by atoms with E-state index >= 15 is 0 Å². The lowest BCUT2D eigenvalue weighted by molar-refractivity contribution is -0.0749. The fourth-order valence-corrected chi connectivity index (χ4v) is 2.38. The molecule has 18 heavy (non-hydrogen) atoms. The molecule has 2 heterocycles. The van der Waals surface area contributed by atoms with Crippen LogP contribution in [-0.2, 0) is 4.74 Å². The molecule has 1 aromatic rings. The Hall–Kier alpha value is -1.62. The van der Waals surface area contributed by atoms with Crippen LogP contribution in [0.15, 0.2) is 18.3 Å². The van der Waals surface area contributed by atoms with Gasteiger partial charge in [-0.25, -0.2) is 0 Å². The second-order valence-electron chi connectivity index (χ2n) is 5.38. The number of amidine groups is 1. The van der Waals surface area contributed by atoms with Crippen molar-refractivity contribution in [1.82, 2.24) is 4.98 Å². The van der Waals surface area contributed by atoms with Crippen molar-refractivity contribution in [2.75, 3.05) is 18.0 Å². The summed E-state index contributed by atoms with van der Waals surface area (Å²) in [5.74, 6) is -0.00257. The normalized spacial score (nSPS) is 22.8. The molecule has 0 radical (unpaired) electrons. The molecule has 1 fully saturated rings. The second kappa shape index (κ2) is 4.57. The highest BCUT2D eigenvalue weighted by atomic mass is 16.5. The van der Waals surface area contributed by atoms with Crippen molar-refractivity contribution in [1.29, 1.82) is 5.41 Å². The van der Waals surface area contributed by atoms with Gasteiger partial charge in [-0.2, -0.15) is 0 Å². The van der Waals surface area contributed by atoms with Gasteiger partial charge in [-0.05, 0) is 32.9 Å². The molecule has 1 atom stereocenters. The Balaban J connectivity index is 2.18. The van der Waals surface area contributed by atoms with Gasteiger partial charge in [-0.15, -0.1) is 0 Å². The maximum absolute atomic E-state index is 7.33. The van der Waals surface area contributed by atoms with E-state index in [-0.39, 0.29) is 17.5 Å². The summed E-state index contributed by atoms with van der Waals surface area (Å²) in [4.78, 5) is 6.45. The lowest BCUT2D eigenvalue weighted by Gasteiger charge is -2.42. The number of ether oxygens (including phenoxy) is 1. The third kappa shape index (κ3) is 2.79. The quantitative estimate of drug-likeness (QED) is 0.612. The molecule has 0 saturated carbocycles. The van der Waals surface area contributed by atoms with Crippen molar-refractivity contribution in [2.45, 2.75) is 32.5 Å². The van der Waals surface area contributed by atoms with Gasteiger partial charge in [0.05, 0.1) is 23.6 Å². The fourth-order valence-electron chi connectivity index (χ4n) is 2.38. The van der Waals surface area contributed by atoms with E-state index in [1.54, 1.807) is 12.3 Å². The summed E-state index contributed by atoms with van der Waals surface area (Å²) in [6.07, 6.45) is 1.96. The van der Waals surface area contributed by atoms with Gasteiger partial charge >= 0.3 is 0 Å². The van der Waals surface area contributed by atoms with Crippen LogP contribution in [0.3, 0.4) is 0 Å². The summed E-state index contributed by atoms with van der Waals surface area (Å²) in [6.45, 7) is 7.94. The molecule has 1 aliphatic rings. The largest absolute Gasteiger partial charge is 0.382 e. The lowest BCUT2D eigenvalue weighted by atomic mass is 10.1. The predicted octanol–water partition coefficient (Wildman–Crippen LogP) is 1.37. The first-order valence-corrected chi connectivity index (χ1v) is 6.10. The number of hydrogen-bond acceptors (Lipinski definition) is 4. The van der Waals surface area contributed by atoms with Crippen LogP contribution in [0, 0.1) is 5.41 Å². The Morgan fingerprint density at radius 2 is 2.28 bits per heavy atom. The molecule has 98 valence electrons. The van der Waals surface area contributed by atoms with Crippen molar-refractivity contribution in [3.05, 3.63) is 24.0 Å². The zero-order valence-corrected chi connectivity index (χ0v) is 11.1. The van der Waals surface area contributed by atoms with Crippen LogP contribution < -0.4 is 10.6 Å². The molecule has 5 nitrogen and oxygen atoms in total. The predicted molar refractivity (Wildman–Crippen MR) is 72.1 cm³/mol. The minimum absolute atomic E-state index is 0.00257. The first-order chi connectivity index (χ1) is 8.37. The molecular weight excluding hydrogens is 228 g/mol. The Labute approximate surface area is 107 Å². The average Bonchev–Trinajstić information content (AvgIpc) is 2.26. The Morgan fingerprint density at radius 1 is 1.56 bits per heavy atom. The fraction of sp³-hybridized carbons (Fsp3) is 0.538. The molecular formula is C13H20N4O. The van der Waals surface area contributed by atoms with Crippen molar-refractivity contribution in [3.8, 4) is 0 Å². The number of rotatable bonds is 2. The van der Waals surface area contributed by atoms with Gasteiger partial charge < -0.3 is 15.4 Å². The minimum atomic E-state index is -0.156. The molecule has 0 amide bonds. The molecule has 5 heteroatoms. The van der Waals surface area contributed by atoms with Gasteiger partial charge in [0.2, 0.25) is 0 Å². The van der Waals surface area contributed by atoms with Crippen LogP contribution in [0.2, 0.25) is 0 Å². The number of anilines is 1. The Kier molecular flexibility index (Phi) is 3.26. The highest BCUT2D eigenvalue weighted by Gasteiger charge is 2.31. The van der Waals surface area contributed by atoms with E-state index in [9.17, 15) is 0 Å². The molecule has 0 aliphatic carbocycles. The third-order valence-electron chi connectivity index (χ3n) is 2.96. The molecule has 0 aromatic carbocycles. The molecule has 0 spiro atoms. The summed E-state index contributed by atoms with van der Waals surface area (Å²) < 4.78 is 5.87. The van der Waals surface area contributed by atoms with Crippen LogP contribution >= 0.6 is 0 Å². The second-order valence-corrected chi connectivity index (χ2v) is 5.38. The van der Waals surface area contributed by atoms with E-state index in [2.05, 4.69) is 30.7 Å². The Morgan fingerprint density at radius 3 is 2.78 bits per heavy atom. The average molecular weight is 248 g/mol. The summed E-state index contributed by atoms with van der Waals surface area (Å²) in [5.41, 5.74) is 6.80. The summed E-state index contributed by atoms with van der Waals surface area (Å²) in [7, 11) is 0. The first-order valence-electron chi connectivity index (χ1n) is 6.10. The number of pyridine rings is 1. The maximum atomic E-state index is 7.33. The zero-order chi connectivity index (χ0) is 13.3. The van der Waals surface area contributed by atoms with Crippen molar-refractivity contribution in [2.24, 2.45) is 5.73 Å². The number of aromatic nitrogens is 1. The number of nitrogens with zero attached hydrogens (tertiary/aromatic N) is 2. The minimum Gasteiger partial charge on any atom is -0.382 e. The van der Waals surface area contributed by atoms with Gasteiger partial charge in [0.15, 0.2) is 0 Å². The monoisotopic (exact) mass is 248 g/mol. The van der Waals surface area contributed by atoms with Gasteiger partial charge in [0, 0.05) is 13.1 Å². The van der Waals surface area contributed by atoms with E-state index in [0.717, 1.165) is 18.8 Å². The van der Waals surface area contributed by atoms with Gasteiger partial charge in [0.1, 0.15) is 11.5 Å². The summed E-state index contributed by atoms with van der Waals surface area (Å²) in [5, 5.41) is 7.33.